The molecule has 0 aliphatic heterocycles. The van der Waals surface area contributed by atoms with Crippen molar-refractivity contribution < 1.29 is 15.0 Å². The predicted molar refractivity (Wildman–Crippen MR) is 49.0 cm³/mol. The smallest absolute Gasteiger partial charge is 0.325 e. The van der Waals surface area contributed by atoms with Gasteiger partial charge in [0.25, 0.3) is 0 Å². The Morgan fingerprint density at radius 1 is 1.50 bits per heavy atom. The number of fused-ring (bicyclic) bond motifs is 1. The molecular formula is C9H8N2O3. The standard InChI is InChI=1S/C9H8N2O3/c12-8-3-1-2-7-6(8)4-10-11(7)5-9(13)14/h1-4,12H,5H2,(H,13,14). The first-order chi connectivity index (χ1) is 6.68. The molecule has 0 aliphatic carbocycles. The van der Waals surface area contributed by atoms with Crippen molar-refractivity contribution in [2.75, 3.05) is 0 Å². The topological polar surface area (TPSA) is 75.3 Å². The summed E-state index contributed by atoms with van der Waals surface area (Å²) in [4.78, 5) is 10.5. The number of carboxylic acid groups (broad SMARTS) is 1. The van der Waals surface area contributed by atoms with Gasteiger partial charge in [0.15, 0.2) is 0 Å². The van der Waals surface area contributed by atoms with E-state index in [0.717, 1.165) is 0 Å². The number of hydrogen-bond acceptors (Lipinski definition) is 3. The summed E-state index contributed by atoms with van der Waals surface area (Å²) in [7, 11) is 0. The molecular weight excluding hydrogens is 184 g/mol. The number of phenols is 1. The fourth-order valence-corrected chi connectivity index (χ4v) is 1.34. The second-order valence-electron chi connectivity index (χ2n) is 2.91. The summed E-state index contributed by atoms with van der Waals surface area (Å²) >= 11 is 0. The largest absolute Gasteiger partial charge is 0.507 e. The molecule has 0 spiro atoms. The van der Waals surface area contributed by atoms with Crippen molar-refractivity contribution in [3.63, 3.8) is 0 Å². The van der Waals surface area contributed by atoms with Crippen LogP contribution in [0, 0.1) is 0 Å². The Hall–Kier alpha value is -2.04. The van der Waals surface area contributed by atoms with Gasteiger partial charge in [0.05, 0.1) is 17.1 Å². The van der Waals surface area contributed by atoms with E-state index in [-0.39, 0.29) is 12.3 Å². The number of phenolic OH excluding ortho intramolecular Hbond substituents is 1. The number of carboxylic acids is 1. The number of carbonyl (C=O) groups is 1. The molecule has 0 radical (unpaired) electrons. The van der Waals surface area contributed by atoms with Crippen LogP contribution in [0.5, 0.6) is 5.75 Å². The third-order valence-electron chi connectivity index (χ3n) is 1.95. The van der Waals surface area contributed by atoms with Gasteiger partial charge >= 0.3 is 5.97 Å². The fraction of sp³-hybridized carbons (Fsp3) is 0.111. The molecule has 14 heavy (non-hydrogen) atoms. The number of aromatic nitrogens is 2. The van der Waals surface area contributed by atoms with E-state index in [9.17, 15) is 9.90 Å². The Balaban J connectivity index is 2.58. The van der Waals surface area contributed by atoms with E-state index in [4.69, 9.17) is 5.11 Å². The van der Waals surface area contributed by atoms with Crippen molar-refractivity contribution >= 4 is 16.9 Å². The van der Waals surface area contributed by atoms with Crippen LogP contribution < -0.4 is 0 Å². The zero-order valence-electron chi connectivity index (χ0n) is 7.21. The maximum atomic E-state index is 10.5. The van der Waals surface area contributed by atoms with E-state index < -0.39 is 5.97 Å². The van der Waals surface area contributed by atoms with Crippen molar-refractivity contribution in [2.45, 2.75) is 6.54 Å². The van der Waals surface area contributed by atoms with Crippen molar-refractivity contribution in [3.8, 4) is 5.75 Å². The summed E-state index contributed by atoms with van der Waals surface area (Å²) in [6.07, 6.45) is 1.45. The molecule has 0 amide bonds. The Kier molecular flexibility index (Phi) is 1.85. The highest BCUT2D eigenvalue weighted by atomic mass is 16.4. The Morgan fingerprint density at radius 2 is 2.29 bits per heavy atom. The summed E-state index contributed by atoms with van der Waals surface area (Å²) in [6.45, 7) is -0.201. The number of hydrogen-bond donors (Lipinski definition) is 2. The van der Waals surface area contributed by atoms with Crippen LogP contribution in [0.3, 0.4) is 0 Å². The molecule has 0 saturated carbocycles. The molecule has 5 nitrogen and oxygen atoms in total. The number of rotatable bonds is 2. The first kappa shape index (κ1) is 8.55. The van der Waals surface area contributed by atoms with Crippen LogP contribution in [-0.4, -0.2) is 26.0 Å². The maximum Gasteiger partial charge on any atom is 0.325 e. The molecule has 0 fully saturated rings. The number of aliphatic carboxylic acids is 1. The van der Waals surface area contributed by atoms with Crippen molar-refractivity contribution in [1.29, 1.82) is 0 Å². The van der Waals surface area contributed by atoms with Crippen molar-refractivity contribution in [3.05, 3.63) is 24.4 Å². The molecule has 0 unspecified atom stereocenters. The molecule has 0 aliphatic rings. The van der Waals surface area contributed by atoms with Gasteiger partial charge in [-0.15, -0.1) is 0 Å². The van der Waals surface area contributed by atoms with Crippen LogP contribution in [-0.2, 0) is 11.3 Å². The third-order valence-corrected chi connectivity index (χ3v) is 1.95. The molecule has 1 aromatic heterocycles. The first-order valence-electron chi connectivity index (χ1n) is 4.04. The molecule has 2 N–H and O–H groups in total. The van der Waals surface area contributed by atoms with Gasteiger partial charge < -0.3 is 10.2 Å². The minimum Gasteiger partial charge on any atom is -0.507 e. The summed E-state index contributed by atoms with van der Waals surface area (Å²) in [5.74, 6) is -0.850. The number of nitrogens with zero attached hydrogens (tertiary/aromatic N) is 2. The lowest BCUT2D eigenvalue weighted by Crippen LogP contribution is -2.09. The molecule has 72 valence electrons. The molecule has 0 atom stereocenters. The van der Waals surface area contributed by atoms with E-state index in [2.05, 4.69) is 5.10 Å². The average Bonchev–Trinajstić information content (AvgIpc) is 2.49. The molecule has 1 heterocycles. The normalized spacial score (nSPS) is 10.6. The Morgan fingerprint density at radius 3 is 3.00 bits per heavy atom. The van der Waals surface area contributed by atoms with E-state index in [1.807, 2.05) is 0 Å². The third kappa shape index (κ3) is 1.28. The number of benzene rings is 1. The monoisotopic (exact) mass is 192 g/mol. The van der Waals surface area contributed by atoms with Crippen LogP contribution in [0.25, 0.3) is 10.9 Å². The van der Waals surface area contributed by atoms with Gasteiger partial charge in [-0.2, -0.15) is 5.10 Å². The van der Waals surface area contributed by atoms with Crippen LogP contribution in [0.2, 0.25) is 0 Å². The lowest BCUT2D eigenvalue weighted by atomic mass is 10.2. The predicted octanol–water partition coefficient (Wildman–Crippen LogP) is 0.826. The van der Waals surface area contributed by atoms with Gasteiger partial charge in [0.1, 0.15) is 12.3 Å². The quantitative estimate of drug-likeness (QED) is 0.738. The minimum absolute atomic E-state index is 0.110. The van der Waals surface area contributed by atoms with E-state index >= 15 is 0 Å². The minimum atomic E-state index is -0.960. The summed E-state index contributed by atoms with van der Waals surface area (Å²) < 4.78 is 1.33. The fourth-order valence-electron chi connectivity index (χ4n) is 1.34. The van der Waals surface area contributed by atoms with E-state index in [1.165, 1.54) is 16.9 Å². The van der Waals surface area contributed by atoms with Gasteiger partial charge in [-0.1, -0.05) is 6.07 Å². The SMILES string of the molecule is O=C(O)Cn1ncc2c(O)cccc21. The van der Waals surface area contributed by atoms with Gasteiger partial charge in [0, 0.05) is 0 Å². The summed E-state index contributed by atoms with van der Waals surface area (Å²) in [6, 6.07) is 4.90. The molecule has 2 aromatic rings. The highest BCUT2D eigenvalue weighted by Crippen LogP contribution is 2.23. The zero-order chi connectivity index (χ0) is 10.1. The first-order valence-corrected chi connectivity index (χ1v) is 4.04. The van der Waals surface area contributed by atoms with Gasteiger partial charge in [-0.3, -0.25) is 9.48 Å². The molecule has 5 heteroatoms. The van der Waals surface area contributed by atoms with Gasteiger partial charge in [-0.25, -0.2) is 0 Å². The highest BCUT2D eigenvalue weighted by Gasteiger charge is 2.07. The lowest BCUT2D eigenvalue weighted by Gasteiger charge is -1.98. The van der Waals surface area contributed by atoms with Crippen molar-refractivity contribution in [1.82, 2.24) is 9.78 Å². The summed E-state index contributed by atoms with van der Waals surface area (Å²) in [5.41, 5.74) is 0.618. The van der Waals surface area contributed by atoms with E-state index in [1.54, 1.807) is 12.1 Å². The zero-order valence-corrected chi connectivity index (χ0v) is 7.21. The van der Waals surface area contributed by atoms with E-state index in [0.29, 0.717) is 10.9 Å². The number of aromatic hydroxyl groups is 1. The van der Waals surface area contributed by atoms with Crippen LogP contribution in [0.4, 0.5) is 0 Å². The molecule has 1 aromatic carbocycles. The average molecular weight is 192 g/mol. The molecule has 0 bridgehead atoms. The van der Waals surface area contributed by atoms with Gasteiger partial charge in [0.2, 0.25) is 0 Å². The Bertz CT molecular complexity index is 490. The highest BCUT2D eigenvalue weighted by molar-refractivity contribution is 5.85. The lowest BCUT2D eigenvalue weighted by molar-refractivity contribution is -0.137. The Labute approximate surface area is 79.2 Å². The van der Waals surface area contributed by atoms with Crippen LogP contribution in [0.15, 0.2) is 24.4 Å². The van der Waals surface area contributed by atoms with Gasteiger partial charge in [-0.05, 0) is 12.1 Å². The second kappa shape index (κ2) is 3.02. The second-order valence-corrected chi connectivity index (χ2v) is 2.91. The van der Waals surface area contributed by atoms with Crippen LogP contribution >= 0.6 is 0 Å². The summed E-state index contributed by atoms with van der Waals surface area (Å²) in [5, 5.41) is 22.4. The molecule has 0 saturated heterocycles. The van der Waals surface area contributed by atoms with Crippen molar-refractivity contribution in [2.24, 2.45) is 0 Å². The maximum absolute atomic E-state index is 10.5. The van der Waals surface area contributed by atoms with Crippen LogP contribution in [0.1, 0.15) is 0 Å². The molecule has 2 rings (SSSR count).